The first kappa shape index (κ1) is 22.6. The van der Waals surface area contributed by atoms with Crippen LogP contribution in [-0.4, -0.2) is 43.7 Å². The molecule has 1 N–H and O–H groups in total. The Labute approximate surface area is 200 Å². The molecule has 2 fully saturated rings. The molecule has 0 bridgehead atoms. The van der Waals surface area contributed by atoms with Gasteiger partial charge in [0.05, 0.1) is 19.0 Å². The molecular formula is C25H33ClN6O. The standard InChI is InChI=1S/C25H33ClN6O/c1-2-21(33-16-18-8-4-3-5-9-18)19-12-14-31(15-13-19)30-23-22-24(29-25(26)28-23)32(17-27-22)20-10-6-7-11-20/h3-5,8-9,17,19-21H,2,6-7,10-16H2,1H3,(H,28,29,30). The van der Waals surface area contributed by atoms with Gasteiger partial charge in [-0.25, -0.2) is 9.99 Å². The van der Waals surface area contributed by atoms with E-state index in [2.05, 4.69) is 61.1 Å². The number of anilines is 1. The maximum atomic E-state index is 6.31. The molecule has 0 spiro atoms. The summed E-state index contributed by atoms with van der Waals surface area (Å²) >= 11 is 6.31. The predicted molar refractivity (Wildman–Crippen MR) is 131 cm³/mol. The fourth-order valence-corrected chi connectivity index (χ4v) is 5.48. The third-order valence-corrected chi connectivity index (χ3v) is 7.32. The van der Waals surface area contributed by atoms with Crippen LogP contribution >= 0.6 is 11.6 Å². The zero-order chi connectivity index (χ0) is 22.6. The average molecular weight is 469 g/mol. The normalized spacial score (nSPS) is 19.3. The highest BCUT2D eigenvalue weighted by atomic mass is 35.5. The number of fused-ring (bicyclic) bond motifs is 1. The summed E-state index contributed by atoms with van der Waals surface area (Å²) in [5.74, 6) is 1.26. The first-order valence-corrected chi connectivity index (χ1v) is 12.7. The fourth-order valence-electron chi connectivity index (χ4n) is 5.32. The largest absolute Gasteiger partial charge is 0.373 e. The lowest BCUT2D eigenvalue weighted by Gasteiger charge is -2.36. The Balaban J connectivity index is 1.21. The van der Waals surface area contributed by atoms with Gasteiger partial charge in [0, 0.05) is 19.1 Å². The number of nitrogens with zero attached hydrogens (tertiary/aromatic N) is 5. The van der Waals surface area contributed by atoms with Crippen LogP contribution in [0.3, 0.4) is 0 Å². The molecule has 1 aromatic carbocycles. The maximum absolute atomic E-state index is 6.31. The molecule has 1 saturated carbocycles. The molecule has 1 aliphatic heterocycles. The van der Waals surface area contributed by atoms with E-state index in [1.165, 1.54) is 31.2 Å². The van der Waals surface area contributed by atoms with Gasteiger partial charge < -0.3 is 14.7 Å². The number of aromatic nitrogens is 4. The Kier molecular flexibility index (Phi) is 7.09. The molecule has 3 heterocycles. The van der Waals surface area contributed by atoms with Gasteiger partial charge in [-0.05, 0) is 55.2 Å². The fraction of sp³-hybridized carbons (Fsp3) is 0.560. The molecule has 2 aliphatic rings. The molecule has 1 unspecified atom stereocenters. The molecule has 8 heteroatoms. The van der Waals surface area contributed by atoms with Crippen LogP contribution in [0.25, 0.3) is 11.2 Å². The summed E-state index contributed by atoms with van der Waals surface area (Å²) in [7, 11) is 0. The van der Waals surface area contributed by atoms with E-state index >= 15 is 0 Å². The van der Waals surface area contributed by atoms with Gasteiger partial charge in [0.1, 0.15) is 0 Å². The first-order chi connectivity index (χ1) is 16.2. The van der Waals surface area contributed by atoms with E-state index in [1.807, 2.05) is 12.4 Å². The minimum Gasteiger partial charge on any atom is -0.373 e. The summed E-state index contributed by atoms with van der Waals surface area (Å²) in [6.45, 7) is 4.77. The maximum Gasteiger partial charge on any atom is 0.226 e. The minimum absolute atomic E-state index is 0.264. The van der Waals surface area contributed by atoms with Gasteiger partial charge in [0.15, 0.2) is 17.0 Å². The van der Waals surface area contributed by atoms with Crippen molar-refractivity contribution in [2.24, 2.45) is 5.92 Å². The van der Waals surface area contributed by atoms with E-state index in [-0.39, 0.29) is 11.4 Å². The summed E-state index contributed by atoms with van der Waals surface area (Å²) in [6, 6.07) is 10.9. The third-order valence-electron chi connectivity index (χ3n) is 7.15. The summed E-state index contributed by atoms with van der Waals surface area (Å²) < 4.78 is 8.49. The Hall–Kier alpha value is -2.22. The highest BCUT2D eigenvalue weighted by Gasteiger charge is 2.27. The molecule has 1 saturated heterocycles. The molecule has 1 atom stereocenters. The number of rotatable bonds is 8. The van der Waals surface area contributed by atoms with Crippen molar-refractivity contribution in [1.82, 2.24) is 24.5 Å². The van der Waals surface area contributed by atoms with Crippen LogP contribution in [-0.2, 0) is 11.3 Å². The number of benzene rings is 1. The molecule has 176 valence electrons. The van der Waals surface area contributed by atoms with E-state index in [0.29, 0.717) is 24.4 Å². The van der Waals surface area contributed by atoms with E-state index < -0.39 is 0 Å². The van der Waals surface area contributed by atoms with Gasteiger partial charge >= 0.3 is 0 Å². The average Bonchev–Trinajstić information content (AvgIpc) is 3.51. The second kappa shape index (κ2) is 10.4. The molecule has 33 heavy (non-hydrogen) atoms. The Morgan fingerprint density at radius 1 is 1.09 bits per heavy atom. The lowest BCUT2D eigenvalue weighted by Crippen LogP contribution is -2.41. The summed E-state index contributed by atoms with van der Waals surface area (Å²) in [5, 5.41) is 2.49. The Morgan fingerprint density at radius 3 is 2.58 bits per heavy atom. The van der Waals surface area contributed by atoms with Crippen molar-refractivity contribution in [2.45, 2.75) is 70.6 Å². The highest BCUT2D eigenvalue weighted by Crippen LogP contribution is 2.33. The number of nitrogens with one attached hydrogen (secondary N) is 1. The van der Waals surface area contributed by atoms with Crippen molar-refractivity contribution < 1.29 is 4.74 Å². The second-order valence-electron chi connectivity index (χ2n) is 9.28. The van der Waals surface area contributed by atoms with E-state index in [0.717, 1.165) is 43.5 Å². The molecule has 5 rings (SSSR count). The zero-order valence-corrected chi connectivity index (χ0v) is 20.0. The van der Waals surface area contributed by atoms with Gasteiger partial charge in [-0.3, -0.25) is 0 Å². The molecule has 1 aliphatic carbocycles. The van der Waals surface area contributed by atoms with Crippen LogP contribution in [0.2, 0.25) is 5.28 Å². The minimum atomic E-state index is 0.264. The van der Waals surface area contributed by atoms with Gasteiger partial charge in [-0.2, -0.15) is 9.97 Å². The summed E-state index contributed by atoms with van der Waals surface area (Å²) in [4.78, 5) is 13.6. The molecule has 2 aromatic heterocycles. The SMILES string of the molecule is CCC(OCc1ccccc1)C1CCN(Nc2nc(Cl)nc3c2ncn3C2CCCC2)CC1. The van der Waals surface area contributed by atoms with E-state index in [9.17, 15) is 0 Å². The van der Waals surface area contributed by atoms with Crippen molar-refractivity contribution in [1.29, 1.82) is 0 Å². The second-order valence-corrected chi connectivity index (χ2v) is 9.62. The molecule has 3 aromatic rings. The lowest BCUT2D eigenvalue weighted by atomic mass is 9.90. The van der Waals surface area contributed by atoms with Gasteiger partial charge in [-0.15, -0.1) is 0 Å². The highest BCUT2D eigenvalue weighted by molar-refractivity contribution is 6.28. The summed E-state index contributed by atoms with van der Waals surface area (Å²) in [5.41, 5.74) is 6.35. The number of halogens is 1. The number of hydrogen-bond acceptors (Lipinski definition) is 6. The molecular weight excluding hydrogens is 436 g/mol. The summed E-state index contributed by atoms with van der Waals surface area (Å²) in [6.07, 6.45) is 10.3. The smallest absolute Gasteiger partial charge is 0.226 e. The van der Waals surface area contributed by atoms with Crippen molar-refractivity contribution in [2.75, 3.05) is 18.5 Å². The van der Waals surface area contributed by atoms with Crippen molar-refractivity contribution in [3.8, 4) is 0 Å². The monoisotopic (exact) mass is 468 g/mol. The van der Waals surface area contributed by atoms with Crippen LogP contribution in [0.4, 0.5) is 5.82 Å². The van der Waals surface area contributed by atoms with Crippen LogP contribution < -0.4 is 5.43 Å². The van der Waals surface area contributed by atoms with Crippen LogP contribution in [0, 0.1) is 5.92 Å². The van der Waals surface area contributed by atoms with Gasteiger partial charge in [0.2, 0.25) is 5.28 Å². The van der Waals surface area contributed by atoms with Crippen LogP contribution in [0.1, 0.15) is 63.5 Å². The van der Waals surface area contributed by atoms with Crippen molar-refractivity contribution in [3.63, 3.8) is 0 Å². The number of ether oxygens (including phenoxy) is 1. The van der Waals surface area contributed by atoms with Crippen molar-refractivity contribution in [3.05, 3.63) is 47.5 Å². The lowest BCUT2D eigenvalue weighted by molar-refractivity contribution is -0.0190. The zero-order valence-electron chi connectivity index (χ0n) is 19.3. The molecule has 0 amide bonds. The number of imidazole rings is 1. The third kappa shape index (κ3) is 5.15. The first-order valence-electron chi connectivity index (χ1n) is 12.3. The van der Waals surface area contributed by atoms with E-state index in [4.69, 9.17) is 16.3 Å². The van der Waals surface area contributed by atoms with Gasteiger partial charge in [0.25, 0.3) is 0 Å². The number of hydrazine groups is 1. The Morgan fingerprint density at radius 2 is 1.85 bits per heavy atom. The molecule has 7 nitrogen and oxygen atoms in total. The molecule has 0 radical (unpaired) electrons. The predicted octanol–water partition coefficient (Wildman–Crippen LogP) is 5.63. The number of piperidine rings is 1. The quantitative estimate of drug-likeness (QED) is 0.432. The van der Waals surface area contributed by atoms with Crippen LogP contribution in [0.5, 0.6) is 0 Å². The van der Waals surface area contributed by atoms with Crippen LogP contribution in [0.15, 0.2) is 36.7 Å². The van der Waals surface area contributed by atoms with E-state index in [1.54, 1.807) is 0 Å². The van der Waals surface area contributed by atoms with Crippen molar-refractivity contribution >= 4 is 28.6 Å². The van der Waals surface area contributed by atoms with Gasteiger partial charge in [-0.1, -0.05) is 50.1 Å². The number of hydrogen-bond donors (Lipinski definition) is 1. The topological polar surface area (TPSA) is 68.1 Å². The Bertz CT molecular complexity index is 1040.